The Morgan fingerprint density at radius 1 is 1.48 bits per heavy atom. The Morgan fingerprint density at radius 2 is 2.21 bits per heavy atom. The van der Waals surface area contributed by atoms with E-state index in [0.717, 1.165) is 0 Å². The van der Waals surface area contributed by atoms with Crippen LogP contribution in [0.3, 0.4) is 0 Å². The number of nitrogen functional groups attached to an aromatic ring is 1. The number of aromatic amines is 1. The molecule has 3 aromatic heterocycles. The minimum absolute atomic E-state index is 0.0386. The monoisotopic (exact) mass is 428 g/mol. The van der Waals surface area contributed by atoms with Gasteiger partial charge in [0, 0.05) is 17.0 Å². The van der Waals surface area contributed by atoms with Crippen molar-refractivity contribution in [2.45, 2.75) is 31.0 Å². The van der Waals surface area contributed by atoms with Crippen molar-refractivity contribution < 1.29 is 33.8 Å². The quantitative estimate of drug-likeness (QED) is 0.258. The molecule has 4 rings (SSSR count). The number of anilines is 1. The number of nitrogens with one attached hydrogen (secondary N) is 1. The van der Waals surface area contributed by atoms with Gasteiger partial charge in [0.2, 0.25) is 0 Å². The first-order chi connectivity index (χ1) is 13.5. The maximum Gasteiger partial charge on any atom is 0.469 e. The zero-order valence-corrected chi connectivity index (χ0v) is 15.7. The number of hydrogen-bond acceptors (Lipinski definition) is 10. The highest BCUT2D eigenvalue weighted by Gasteiger charge is 2.53. The highest BCUT2D eigenvalue weighted by Crippen LogP contribution is 2.42. The molecular formula is C14H17N6O8P. The van der Waals surface area contributed by atoms with Crippen LogP contribution in [0.2, 0.25) is 0 Å². The van der Waals surface area contributed by atoms with Crippen molar-refractivity contribution in [3.05, 3.63) is 22.7 Å². The molecule has 1 aliphatic heterocycles. The minimum atomic E-state index is -4.81. The Balaban J connectivity index is 1.80. The lowest BCUT2D eigenvalue weighted by Gasteiger charge is -2.27. The molecule has 1 aliphatic rings. The van der Waals surface area contributed by atoms with Crippen molar-refractivity contribution >= 4 is 35.4 Å². The second kappa shape index (κ2) is 6.53. The molecule has 0 bridgehead atoms. The first-order valence-corrected chi connectivity index (χ1v) is 9.80. The van der Waals surface area contributed by atoms with Crippen LogP contribution in [-0.2, 0) is 13.8 Å². The number of nitrogens with two attached hydrogens (primary N) is 1. The molecule has 15 heteroatoms. The number of H-pyrrole nitrogens is 1. The fraction of sp³-hybridized carbons (Fsp3) is 0.429. The van der Waals surface area contributed by atoms with E-state index in [4.69, 9.17) is 20.3 Å². The summed E-state index contributed by atoms with van der Waals surface area (Å²) in [5.41, 5.74) is 3.69. The van der Waals surface area contributed by atoms with Gasteiger partial charge in [-0.05, 0) is 6.92 Å². The number of hydrogen-bond donors (Lipinski definition) is 6. The van der Waals surface area contributed by atoms with E-state index in [-0.39, 0.29) is 16.9 Å². The van der Waals surface area contributed by atoms with Crippen molar-refractivity contribution in [1.29, 1.82) is 0 Å². The van der Waals surface area contributed by atoms with Crippen molar-refractivity contribution in [3.63, 3.8) is 0 Å². The van der Waals surface area contributed by atoms with Gasteiger partial charge in [0.05, 0.1) is 12.8 Å². The van der Waals surface area contributed by atoms with Crippen molar-refractivity contribution in [2.75, 3.05) is 12.3 Å². The zero-order chi connectivity index (χ0) is 21.1. The number of aromatic nitrogens is 5. The van der Waals surface area contributed by atoms with E-state index in [0.29, 0.717) is 10.8 Å². The molecule has 4 heterocycles. The normalized spacial score (nSPS) is 27.8. The van der Waals surface area contributed by atoms with Gasteiger partial charge in [0.15, 0.2) is 6.23 Å². The lowest BCUT2D eigenvalue weighted by atomic mass is 9.97. The summed E-state index contributed by atoms with van der Waals surface area (Å²) in [6, 6.07) is 0. The molecular weight excluding hydrogens is 411 g/mol. The van der Waals surface area contributed by atoms with E-state index in [9.17, 15) is 19.6 Å². The fourth-order valence-corrected chi connectivity index (χ4v) is 3.67. The van der Waals surface area contributed by atoms with Gasteiger partial charge in [-0.1, -0.05) is 0 Å². The molecule has 0 aromatic carbocycles. The highest BCUT2D eigenvalue weighted by molar-refractivity contribution is 7.46. The topological polar surface area (TPSA) is 219 Å². The summed E-state index contributed by atoms with van der Waals surface area (Å²) < 4.78 is 22.1. The van der Waals surface area contributed by atoms with Crippen LogP contribution >= 0.6 is 7.82 Å². The Kier molecular flexibility index (Phi) is 4.47. The molecule has 0 saturated carbocycles. The number of nitrogens with zero attached hydrogens (tertiary/aromatic N) is 4. The van der Waals surface area contributed by atoms with Crippen LogP contribution in [0.25, 0.3) is 21.8 Å². The fourth-order valence-electron chi connectivity index (χ4n) is 3.33. The second-order valence-corrected chi connectivity index (χ2v) is 8.05. The molecule has 0 spiro atoms. The molecule has 7 N–H and O–H groups in total. The highest BCUT2D eigenvalue weighted by atomic mass is 31.2. The van der Waals surface area contributed by atoms with E-state index in [1.165, 1.54) is 24.0 Å². The summed E-state index contributed by atoms with van der Waals surface area (Å²) in [5, 5.41) is 32.1. The Bertz CT molecular complexity index is 1200. The molecule has 1 saturated heterocycles. The number of phosphoric ester groups is 1. The number of aliphatic hydroxyl groups is 2. The summed E-state index contributed by atoms with van der Waals surface area (Å²) in [7, 11) is -4.81. The third-order valence-electron chi connectivity index (χ3n) is 4.72. The lowest BCUT2D eigenvalue weighted by molar-refractivity contribution is -0.102. The van der Waals surface area contributed by atoms with Crippen LogP contribution in [0.1, 0.15) is 13.2 Å². The van der Waals surface area contributed by atoms with Crippen molar-refractivity contribution in [1.82, 2.24) is 25.0 Å². The largest absolute Gasteiger partial charge is 0.469 e. The maximum absolute atomic E-state index is 12.0. The van der Waals surface area contributed by atoms with Crippen molar-refractivity contribution in [2.24, 2.45) is 0 Å². The number of rotatable bonds is 4. The SMILES string of the molecule is C[C@@]1(O)[C@H](O)[C@@H](COP(=O)(O)O)O[C@H]1n1cc2c(N)nc3c(=O)[nH]ncc(n1)c23. The van der Waals surface area contributed by atoms with Gasteiger partial charge in [0.25, 0.3) is 5.56 Å². The number of aliphatic hydroxyl groups excluding tert-OH is 1. The van der Waals surface area contributed by atoms with Crippen LogP contribution < -0.4 is 11.3 Å². The number of ether oxygens (including phenoxy) is 1. The van der Waals surface area contributed by atoms with Gasteiger partial charge in [0.1, 0.15) is 34.7 Å². The summed E-state index contributed by atoms with van der Waals surface area (Å²) in [4.78, 5) is 33.8. The predicted molar refractivity (Wildman–Crippen MR) is 96.4 cm³/mol. The van der Waals surface area contributed by atoms with Gasteiger partial charge in [-0.2, -0.15) is 10.2 Å². The standard InChI is InChI=1S/C14H17N6O8P/c1-14(23)10(21)7(4-27-29(24,25)26)28-13(14)20-3-5-8-6(19-20)2-16-18-12(22)9(8)17-11(5)15/h2-3,7,10,13,21,23H,4H2,1H3,(H2,15,17)(H,18,22)(H2,24,25,26)/t7-,10-,13-,14-/m1/s1. The predicted octanol–water partition coefficient (Wildman–Crippen LogP) is -1.63. The molecule has 0 unspecified atom stereocenters. The summed E-state index contributed by atoms with van der Waals surface area (Å²) in [6.45, 7) is 0.603. The molecule has 14 nitrogen and oxygen atoms in total. The van der Waals surface area contributed by atoms with E-state index in [1.54, 1.807) is 0 Å². The van der Waals surface area contributed by atoms with Crippen LogP contribution in [0.4, 0.5) is 5.82 Å². The summed E-state index contributed by atoms with van der Waals surface area (Å²) >= 11 is 0. The molecule has 3 aromatic rings. The summed E-state index contributed by atoms with van der Waals surface area (Å²) in [5.74, 6) is 0.0393. The smallest absolute Gasteiger partial charge is 0.387 e. The third kappa shape index (κ3) is 3.30. The van der Waals surface area contributed by atoms with Gasteiger partial charge >= 0.3 is 7.82 Å². The Morgan fingerprint density at radius 3 is 2.90 bits per heavy atom. The molecule has 0 aliphatic carbocycles. The first-order valence-electron chi connectivity index (χ1n) is 8.27. The van der Waals surface area contributed by atoms with E-state index >= 15 is 0 Å². The van der Waals surface area contributed by atoms with Crippen LogP contribution in [0.5, 0.6) is 0 Å². The average molecular weight is 428 g/mol. The van der Waals surface area contributed by atoms with Gasteiger partial charge < -0.3 is 30.5 Å². The number of phosphoric acid groups is 1. The molecule has 156 valence electrons. The van der Waals surface area contributed by atoms with Crippen LogP contribution in [0.15, 0.2) is 17.2 Å². The van der Waals surface area contributed by atoms with Gasteiger partial charge in [-0.3, -0.25) is 9.32 Å². The van der Waals surface area contributed by atoms with Crippen LogP contribution in [-0.4, -0.2) is 69.4 Å². The molecule has 4 atom stereocenters. The third-order valence-corrected chi connectivity index (χ3v) is 5.21. The molecule has 1 fully saturated rings. The summed E-state index contributed by atoms with van der Waals surface area (Å²) in [6.07, 6.45) is -1.43. The maximum atomic E-state index is 12.0. The molecule has 29 heavy (non-hydrogen) atoms. The first kappa shape index (κ1) is 19.8. The zero-order valence-electron chi connectivity index (χ0n) is 14.8. The molecule has 0 amide bonds. The van der Waals surface area contributed by atoms with E-state index < -0.39 is 44.0 Å². The van der Waals surface area contributed by atoms with Gasteiger partial charge in [-0.15, -0.1) is 0 Å². The Labute approximate surface area is 161 Å². The lowest BCUT2D eigenvalue weighted by Crippen LogP contribution is -2.44. The van der Waals surface area contributed by atoms with Gasteiger partial charge in [-0.25, -0.2) is 19.3 Å². The average Bonchev–Trinajstić information content (AvgIpc) is 3.01. The Hall–Kier alpha value is -2.45. The van der Waals surface area contributed by atoms with E-state index in [1.807, 2.05) is 0 Å². The minimum Gasteiger partial charge on any atom is -0.387 e. The molecule has 0 radical (unpaired) electrons. The van der Waals surface area contributed by atoms with Crippen molar-refractivity contribution in [3.8, 4) is 0 Å². The second-order valence-electron chi connectivity index (χ2n) is 6.81. The van der Waals surface area contributed by atoms with Crippen LogP contribution in [0, 0.1) is 0 Å². The van der Waals surface area contributed by atoms with E-state index in [2.05, 4.69) is 24.8 Å².